The highest BCUT2D eigenvalue weighted by Crippen LogP contribution is 2.47. The minimum Gasteiger partial charge on any atom is -0.504 e. The van der Waals surface area contributed by atoms with Crippen molar-refractivity contribution in [3.63, 3.8) is 0 Å². The number of carbonyl (C=O) groups is 1. The van der Waals surface area contributed by atoms with Crippen LogP contribution in [-0.2, 0) is 4.79 Å². The number of ether oxygens (including phenoxy) is 1. The third-order valence-corrected chi connectivity index (χ3v) is 3.30. The number of hydrogen-bond donors (Lipinski definition) is 2. The summed E-state index contributed by atoms with van der Waals surface area (Å²) in [7, 11) is 0. The molecule has 0 radical (unpaired) electrons. The summed E-state index contributed by atoms with van der Waals surface area (Å²) in [5, 5.41) is 19.4. The molecule has 0 saturated carbocycles. The van der Waals surface area contributed by atoms with E-state index in [-0.39, 0.29) is 11.3 Å². The predicted octanol–water partition coefficient (Wildman–Crippen LogP) is 2.95. The lowest BCUT2D eigenvalue weighted by molar-refractivity contribution is -0.108. The highest BCUT2D eigenvalue weighted by Gasteiger charge is 2.30. The van der Waals surface area contributed by atoms with Gasteiger partial charge in [-0.1, -0.05) is 30.3 Å². The minimum atomic E-state index is -0.893. The quantitative estimate of drug-likeness (QED) is 0.658. The maximum Gasteiger partial charge on any atom is 0.201 e. The fourth-order valence-corrected chi connectivity index (χ4v) is 2.29. The van der Waals surface area contributed by atoms with Gasteiger partial charge < -0.3 is 19.7 Å². The Morgan fingerprint density at radius 1 is 1.19 bits per heavy atom. The van der Waals surface area contributed by atoms with E-state index in [9.17, 15) is 19.4 Å². The molecule has 1 aliphatic rings. The van der Waals surface area contributed by atoms with Crippen molar-refractivity contribution in [3.05, 3.63) is 59.4 Å². The van der Waals surface area contributed by atoms with Crippen molar-refractivity contribution in [2.75, 3.05) is 0 Å². The number of aldehydes is 1. The van der Waals surface area contributed by atoms with E-state index in [4.69, 9.17) is 4.74 Å². The molecule has 1 unspecified atom stereocenters. The van der Waals surface area contributed by atoms with Crippen LogP contribution >= 0.6 is 0 Å². The molecule has 1 atom stereocenters. The highest BCUT2D eigenvalue weighted by molar-refractivity contribution is 5.79. The maximum atomic E-state index is 13.9. The van der Waals surface area contributed by atoms with Crippen molar-refractivity contribution in [1.82, 2.24) is 0 Å². The maximum absolute atomic E-state index is 13.9. The normalized spacial score (nSPS) is 16.6. The molecule has 0 aliphatic carbocycles. The van der Waals surface area contributed by atoms with E-state index in [1.807, 2.05) is 6.07 Å². The number of phenolic OH excluding ortho intramolecular Hbond substituents is 2. The van der Waals surface area contributed by atoms with Gasteiger partial charge in [-0.05, 0) is 6.08 Å². The summed E-state index contributed by atoms with van der Waals surface area (Å²) in [6.45, 7) is 0. The average Bonchev–Trinajstić information content (AvgIpc) is 2.52. The van der Waals surface area contributed by atoms with Gasteiger partial charge in [-0.25, -0.2) is 4.39 Å². The van der Waals surface area contributed by atoms with Gasteiger partial charge in [-0.15, -0.1) is 0 Å². The second-order valence-electron chi connectivity index (χ2n) is 4.63. The molecule has 0 bridgehead atoms. The second-order valence-corrected chi connectivity index (χ2v) is 4.63. The van der Waals surface area contributed by atoms with Gasteiger partial charge in [0, 0.05) is 17.2 Å². The third-order valence-electron chi connectivity index (χ3n) is 3.30. The van der Waals surface area contributed by atoms with Gasteiger partial charge in [0.25, 0.3) is 0 Å². The van der Waals surface area contributed by atoms with Crippen LogP contribution in [0.15, 0.2) is 42.5 Å². The SMILES string of the molecule is O=CC1C=C(c2ccccc2)Oc2c(O)c(O)cc(F)c21. The lowest BCUT2D eigenvalue weighted by atomic mass is 9.94. The van der Waals surface area contributed by atoms with Crippen molar-refractivity contribution in [1.29, 1.82) is 0 Å². The first-order chi connectivity index (χ1) is 10.1. The van der Waals surface area contributed by atoms with E-state index in [0.29, 0.717) is 17.6 Å². The fourth-order valence-electron chi connectivity index (χ4n) is 2.29. The summed E-state index contributed by atoms with van der Waals surface area (Å²) in [4.78, 5) is 11.2. The van der Waals surface area contributed by atoms with Crippen molar-refractivity contribution in [2.45, 2.75) is 5.92 Å². The zero-order valence-corrected chi connectivity index (χ0v) is 10.8. The van der Waals surface area contributed by atoms with Crippen LogP contribution in [0.1, 0.15) is 17.0 Å². The second kappa shape index (κ2) is 4.94. The van der Waals surface area contributed by atoms with Gasteiger partial charge in [0.1, 0.15) is 17.9 Å². The Morgan fingerprint density at radius 3 is 2.57 bits per heavy atom. The third kappa shape index (κ3) is 2.12. The largest absolute Gasteiger partial charge is 0.504 e. The summed E-state index contributed by atoms with van der Waals surface area (Å²) in [6.07, 6.45) is 2.04. The molecule has 106 valence electrons. The molecule has 0 fully saturated rings. The fraction of sp³-hybridized carbons (Fsp3) is 0.0625. The summed E-state index contributed by atoms with van der Waals surface area (Å²) in [5.74, 6) is -2.83. The van der Waals surface area contributed by atoms with E-state index in [0.717, 1.165) is 6.07 Å². The summed E-state index contributed by atoms with van der Waals surface area (Å²) >= 11 is 0. The first kappa shape index (κ1) is 13.2. The predicted molar refractivity (Wildman–Crippen MR) is 73.6 cm³/mol. The average molecular weight is 286 g/mol. The van der Waals surface area contributed by atoms with Crippen molar-refractivity contribution < 1.29 is 24.1 Å². The topological polar surface area (TPSA) is 66.8 Å². The van der Waals surface area contributed by atoms with E-state index >= 15 is 0 Å². The zero-order chi connectivity index (χ0) is 15.0. The van der Waals surface area contributed by atoms with Gasteiger partial charge in [0.15, 0.2) is 11.5 Å². The Hall–Kier alpha value is -2.82. The van der Waals surface area contributed by atoms with Crippen molar-refractivity contribution in [3.8, 4) is 17.2 Å². The molecule has 0 amide bonds. The van der Waals surface area contributed by atoms with Crippen LogP contribution in [0, 0.1) is 5.82 Å². The Bertz CT molecular complexity index is 738. The number of fused-ring (bicyclic) bond motifs is 1. The first-order valence-electron chi connectivity index (χ1n) is 6.26. The van der Waals surface area contributed by atoms with Crippen LogP contribution in [0.25, 0.3) is 5.76 Å². The van der Waals surface area contributed by atoms with Crippen LogP contribution < -0.4 is 4.74 Å². The molecule has 0 spiro atoms. The molecule has 2 aromatic rings. The molecule has 2 aromatic carbocycles. The molecular formula is C16H11FO4. The number of hydrogen-bond acceptors (Lipinski definition) is 4. The number of benzene rings is 2. The summed E-state index contributed by atoms with van der Waals surface area (Å²) in [5.41, 5.74) is 0.595. The molecule has 1 aliphatic heterocycles. The summed E-state index contributed by atoms with van der Waals surface area (Å²) < 4.78 is 19.4. The van der Waals surface area contributed by atoms with Gasteiger partial charge in [0.05, 0.1) is 5.92 Å². The smallest absolute Gasteiger partial charge is 0.201 e. The van der Waals surface area contributed by atoms with Crippen LogP contribution in [0.2, 0.25) is 0 Å². The molecule has 4 nitrogen and oxygen atoms in total. The standard InChI is InChI=1S/C16H11FO4/c17-11-7-12(19)15(20)16-14(11)10(8-18)6-13(21-16)9-4-2-1-3-5-9/h1-8,10,19-20H. The van der Waals surface area contributed by atoms with Crippen molar-refractivity contribution >= 4 is 12.0 Å². The number of rotatable bonds is 2. The Morgan fingerprint density at radius 2 is 1.90 bits per heavy atom. The number of carbonyl (C=O) groups excluding carboxylic acids is 1. The molecule has 5 heteroatoms. The van der Waals surface area contributed by atoms with Gasteiger partial charge >= 0.3 is 0 Å². The number of halogens is 1. The van der Waals surface area contributed by atoms with Gasteiger partial charge in [0.2, 0.25) is 5.75 Å². The molecule has 21 heavy (non-hydrogen) atoms. The molecule has 1 heterocycles. The Kier molecular flexibility index (Phi) is 3.10. The lowest BCUT2D eigenvalue weighted by Crippen LogP contribution is -2.12. The van der Waals surface area contributed by atoms with Crippen LogP contribution in [0.3, 0.4) is 0 Å². The molecule has 3 rings (SSSR count). The zero-order valence-electron chi connectivity index (χ0n) is 10.8. The van der Waals surface area contributed by atoms with Crippen LogP contribution in [0.5, 0.6) is 17.2 Å². The van der Waals surface area contributed by atoms with Crippen LogP contribution in [0.4, 0.5) is 4.39 Å². The Labute approximate surface area is 119 Å². The molecular weight excluding hydrogens is 275 g/mol. The van der Waals surface area contributed by atoms with E-state index < -0.39 is 23.2 Å². The van der Waals surface area contributed by atoms with Gasteiger partial charge in [-0.2, -0.15) is 0 Å². The lowest BCUT2D eigenvalue weighted by Gasteiger charge is -2.23. The first-order valence-corrected chi connectivity index (χ1v) is 6.26. The van der Waals surface area contributed by atoms with E-state index in [1.165, 1.54) is 6.08 Å². The minimum absolute atomic E-state index is 0.0834. The summed E-state index contributed by atoms with van der Waals surface area (Å²) in [6, 6.07) is 9.67. The highest BCUT2D eigenvalue weighted by atomic mass is 19.1. The van der Waals surface area contributed by atoms with Gasteiger partial charge in [-0.3, -0.25) is 0 Å². The number of aromatic hydroxyl groups is 2. The number of allylic oxidation sites excluding steroid dienone is 1. The van der Waals surface area contributed by atoms with E-state index in [1.54, 1.807) is 24.3 Å². The molecule has 0 saturated heterocycles. The Balaban J connectivity index is 2.17. The van der Waals surface area contributed by atoms with Crippen LogP contribution in [-0.4, -0.2) is 16.5 Å². The van der Waals surface area contributed by atoms with Crippen molar-refractivity contribution in [2.24, 2.45) is 0 Å². The monoisotopic (exact) mass is 286 g/mol. The molecule has 0 aromatic heterocycles. The van der Waals surface area contributed by atoms with E-state index in [2.05, 4.69) is 0 Å². The molecule has 2 N–H and O–H groups in total. The number of phenols is 2.